The zero-order chi connectivity index (χ0) is 18.9. The fourth-order valence-corrected chi connectivity index (χ4v) is 3.68. The van der Waals surface area contributed by atoms with Gasteiger partial charge in [0.1, 0.15) is 5.75 Å². The molecule has 0 bridgehead atoms. The number of carbonyl (C=O) groups is 1. The fraction of sp³-hybridized carbons (Fsp3) is 0.286. The van der Waals surface area contributed by atoms with Crippen LogP contribution in [0.15, 0.2) is 23.4 Å². The third-order valence-corrected chi connectivity index (χ3v) is 5.22. The smallest absolute Gasteiger partial charge is 0.451 e. The van der Waals surface area contributed by atoms with Gasteiger partial charge in [0.05, 0.1) is 23.1 Å². The number of hydrogen-bond donors (Lipinski definition) is 1. The second-order valence-corrected chi connectivity index (χ2v) is 7.03. The molecule has 0 atom stereocenters. The van der Waals surface area contributed by atoms with Crippen molar-refractivity contribution in [3.63, 3.8) is 0 Å². The highest BCUT2D eigenvalue weighted by molar-refractivity contribution is 7.99. The summed E-state index contributed by atoms with van der Waals surface area (Å²) in [6, 6.07) is 5.33. The number of amides is 1. The maximum atomic E-state index is 12.7. The van der Waals surface area contributed by atoms with Crippen LogP contribution < -0.4 is 10.1 Å². The molecule has 0 saturated heterocycles. The van der Waals surface area contributed by atoms with Crippen LogP contribution in [0.4, 0.5) is 18.3 Å². The summed E-state index contributed by atoms with van der Waals surface area (Å²) in [4.78, 5) is 16.3. The maximum Gasteiger partial charge on any atom is 0.451 e. The topological polar surface area (TPSA) is 81.9 Å². The number of aromatic nitrogens is 4. The van der Waals surface area contributed by atoms with Crippen molar-refractivity contribution >= 4 is 44.4 Å². The van der Waals surface area contributed by atoms with E-state index < -0.39 is 17.9 Å². The summed E-state index contributed by atoms with van der Waals surface area (Å²) in [6.07, 6.45) is -4.59. The van der Waals surface area contributed by atoms with Crippen LogP contribution in [-0.4, -0.2) is 38.5 Å². The molecule has 0 radical (unpaired) electrons. The number of nitrogens with zero attached hydrogens (tertiary/aromatic N) is 4. The van der Waals surface area contributed by atoms with E-state index in [1.807, 2.05) is 0 Å². The van der Waals surface area contributed by atoms with Crippen molar-refractivity contribution in [1.82, 2.24) is 19.7 Å². The molecule has 3 rings (SSSR count). The van der Waals surface area contributed by atoms with E-state index >= 15 is 0 Å². The number of carbonyl (C=O) groups excluding carboxylic acids is 1. The van der Waals surface area contributed by atoms with Crippen LogP contribution in [0.25, 0.3) is 10.2 Å². The molecule has 1 amide bonds. The number of methoxy groups -OCH3 is 1. The van der Waals surface area contributed by atoms with Crippen LogP contribution in [0.1, 0.15) is 5.82 Å². The SMILES string of the molecule is COc1ccc2nc(NC(=O)CSc3nnc(C(F)(F)F)n3C)sc2c1. The van der Waals surface area contributed by atoms with Crippen LogP contribution in [-0.2, 0) is 18.0 Å². The Morgan fingerprint density at radius 1 is 1.38 bits per heavy atom. The quantitative estimate of drug-likeness (QED) is 0.659. The molecule has 3 aromatic rings. The summed E-state index contributed by atoms with van der Waals surface area (Å²) < 4.78 is 44.8. The number of benzene rings is 1. The molecule has 0 aliphatic heterocycles. The van der Waals surface area contributed by atoms with Crippen LogP contribution in [0, 0.1) is 0 Å². The van der Waals surface area contributed by atoms with E-state index in [9.17, 15) is 18.0 Å². The lowest BCUT2D eigenvalue weighted by Crippen LogP contribution is -2.15. The Morgan fingerprint density at radius 2 is 2.15 bits per heavy atom. The van der Waals surface area contributed by atoms with Gasteiger partial charge in [-0.25, -0.2) is 4.98 Å². The summed E-state index contributed by atoms with van der Waals surface area (Å²) in [6.45, 7) is 0. The summed E-state index contributed by atoms with van der Waals surface area (Å²) in [5.74, 6) is -0.960. The van der Waals surface area contributed by atoms with Crippen molar-refractivity contribution < 1.29 is 22.7 Å². The minimum atomic E-state index is -4.59. The van der Waals surface area contributed by atoms with Gasteiger partial charge in [0.2, 0.25) is 11.7 Å². The third-order valence-electron chi connectivity index (χ3n) is 3.26. The lowest BCUT2D eigenvalue weighted by Gasteiger charge is -2.06. The van der Waals surface area contributed by atoms with Crippen LogP contribution >= 0.6 is 23.1 Å². The summed E-state index contributed by atoms with van der Waals surface area (Å²) >= 11 is 2.13. The van der Waals surface area contributed by atoms with Gasteiger partial charge < -0.3 is 14.6 Å². The third kappa shape index (κ3) is 3.90. The highest BCUT2D eigenvalue weighted by atomic mass is 32.2. The summed E-state index contributed by atoms with van der Waals surface area (Å²) in [5.41, 5.74) is 0.710. The molecule has 2 heterocycles. The number of ether oxygens (including phenoxy) is 1. The Kier molecular flexibility index (Phi) is 5.05. The van der Waals surface area contributed by atoms with Crippen molar-refractivity contribution in [2.75, 3.05) is 18.2 Å². The molecule has 0 spiro atoms. The van der Waals surface area contributed by atoms with E-state index in [1.165, 1.54) is 18.4 Å². The van der Waals surface area contributed by atoms with Gasteiger partial charge in [0.15, 0.2) is 10.3 Å². The van der Waals surface area contributed by atoms with Gasteiger partial charge in [0, 0.05) is 7.05 Å². The average Bonchev–Trinajstić information content (AvgIpc) is 3.14. The number of halogens is 3. The molecule has 0 aliphatic carbocycles. The molecule has 2 aromatic heterocycles. The maximum absolute atomic E-state index is 12.7. The predicted octanol–water partition coefficient (Wildman–Crippen LogP) is 3.18. The monoisotopic (exact) mass is 403 g/mol. The predicted molar refractivity (Wildman–Crippen MR) is 91.5 cm³/mol. The van der Waals surface area contributed by atoms with Gasteiger partial charge >= 0.3 is 6.18 Å². The highest BCUT2D eigenvalue weighted by Crippen LogP contribution is 2.31. The number of hydrogen-bond acceptors (Lipinski definition) is 7. The van der Waals surface area contributed by atoms with E-state index in [0.29, 0.717) is 16.4 Å². The lowest BCUT2D eigenvalue weighted by atomic mass is 10.3. The minimum Gasteiger partial charge on any atom is -0.497 e. The molecule has 26 heavy (non-hydrogen) atoms. The Bertz CT molecular complexity index is 954. The Balaban J connectivity index is 1.64. The number of rotatable bonds is 5. The molecule has 0 saturated carbocycles. The zero-order valence-corrected chi connectivity index (χ0v) is 15.1. The number of anilines is 1. The number of thiazole rings is 1. The molecule has 1 aromatic carbocycles. The largest absolute Gasteiger partial charge is 0.497 e. The molecule has 7 nitrogen and oxygen atoms in total. The molecule has 138 valence electrons. The first-order valence-corrected chi connectivity index (χ1v) is 8.92. The minimum absolute atomic E-state index is 0.00140. The van der Waals surface area contributed by atoms with E-state index in [2.05, 4.69) is 20.5 Å². The lowest BCUT2D eigenvalue weighted by molar-refractivity contribution is -0.147. The molecular weight excluding hydrogens is 391 g/mol. The molecule has 0 aliphatic rings. The van der Waals surface area contributed by atoms with Crippen molar-refractivity contribution in [3.05, 3.63) is 24.0 Å². The number of alkyl halides is 3. The van der Waals surface area contributed by atoms with Gasteiger partial charge in [0.25, 0.3) is 0 Å². The molecular formula is C14H12F3N5O2S2. The summed E-state index contributed by atoms with van der Waals surface area (Å²) in [5, 5.41) is 9.59. The van der Waals surface area contributed by atoms with Crippen molar-refractivity contribution in [3.8, 4) is 5.75 Å². The van der Waals surface area contributed by atoms with Crippen LogP contribution in [0.2, 0.25) is 0 Å². The van der Waals surface area contributed by atoms with E-state index in [1.54, 1.807) is 25.3 Å². The first-order chi connectivity index (χ1) is 12.3. The van der Waals surface area contributed by atoms with Crippen molar-refractivity contribution in [2.45, 2.75) is 11.3 Å². The Labute approximate surface area is 153 Å². The first kappa shape index (κ1) is 18.5. The van der Waals surface area contributed by atoms with Gasteiger partial charge in [-0.15, -0.1) is 10.2 Å². The van der Waals surface area contributed by atoms with E-state index in [-0.39, 0.29) is 10.9 Å². The summed E-state index contributed by atoms with van der Waals surface area (Å²) in [7, 11) is 2.75. The Hall–Kier alpha value is -2.34. The standard InChI is InChI=1S/C14H12F3N5O2S2/c1-22-11(14(15,16)17)20-21-13(22)25-6-10(23)19-12-18-8-4-3-7(24-2)5-9(8)26-12/h3-5H,6H2,1-2H3,(H,18,19,23). The second kappa shape index (κ2) is 7.11. The normalized spacial score (nSPS) is 11.7. The Morgan fingerprint density at radius 3 is 2.81 bits per heavy atom. The van der Waals surface area contributed by atoms with Gasteiger partial charge in [-0.1, -0.05) is 23.1 Å². The van der Waals surface area contributed by atoms with Gasteiger partial charge in [-0.05, 0) is 18.2 Å². The number of thioether (sulfide) groups is 1. The zero-order valence-electron chi connectivity index (χ0n) is 13.5. The number of fused-ring (bicyclic) bond motifs is 1. The molecule has 0 fully saturated rings. The first-order valence-electron chi connectivity index (χ1n) is 7.11. The van der Waals surface area contributed by atoms with Crippen molar-refractivity contribution in [1.29, 1.82) is 0 Å². The van der Waals surface area contributed by atoms with Crippen LogP contribution in [0.3, 0.4) is 0 Å². The number of nitrogens with one attached hydrogen (secondary N) is 1. The second-order valence-electron chi connectivity index (χ2n) is 5.05. The molecule has 12 heteroatoms. The van der Waals surface area contributed by atoms with E-state index in [0.717, 1.165) is 21.0 Å². The average molecular weight is 403 g/mol. The highest BCUT2D eigenvalue weighted by Gasteiger charge is 2.37. The van der Waals surface area contributed by atoms with Gasteiger partial charge in [-0.3, -0.25) is 4.79 Å². The van der Waals surface area contributed by atoms with Gasteiger partial charge in [-0.2, -0.15) is 13.2 Å². The van der Waals surface area contributed by atoms with Crippen molar-refractivity contribution in [2.24, 2.45) is 7.05 Å². The molecule has 1 N–H and O–H groups in total. The van der Waals surface area contributed by atoms with Crippen LogP contribution in [0.5, 0.6) is 5.75 Å². The van der Waals surface area contributed by atoms with E-state index in [4.69, 9.17) is 4.74 Å². The fourth-order valence-electron chi connectivity index (χ4n) is 2.06. The molecule has 0 unspecified atom stereocenters.